The maximum absolute atomic E-state index is 13.2. The van der Waals surface area contributed by atoms with Crippen molar-refractivity contribution in [1.29, 1.82) is 0 Å². The minimum absolute atomic E-state index is 0.0102. The van der Waals surface area contributed by atoms with Gasteiger partial charge in [0, 0.05) is 37.3 Å². The molecule has 1 aromatic carbocycles. The zero-order chi connectivity index (χ0) is 24.5. The van der Waals surface area contributed by atoms with Crippen LogP contribution in [0.1, 0.15) is 36.6 Å². The van der Waals surface area contributed by atoms with Crippen molar-refractivity contribution in [3.8, 4) is 0 Å². The van der Waals surface area contributed by atoms with Gasteiger partial charge in [0.1, 0.15) is 5.69 Å². The highest BCUT2D eigenvalue weighted by Crippen LogP contribution is 2.34. The molecule has 0 aliphatic carbocycles. The molecule has 0 spiro atoms. The molecule has 33 heavy (non-hydrogen) atoms. The molecule has 0 fully saturated rings. The molecular weight excluding hydrogens is 437 g/mol. The lowest BCUT2D eigenvalue weighted by molar-refractivity contribution is -0.137. The number of allylic oxidation sites excluding steroid dienone is 1. The first-order chi connectivity index (χ1) is 15.5. The molecule has 7 N–H and O–H groups in total. The molecule has 2 aromatic rings. The van der Waals surface area contributed by atoms with E-state index in [-0.39, 0.29) is 17.2 Å². The van der Waals surface area contributed by atoms with E-state index < -0.39 is 23.3 Å². The fraction of sp³-hybridized carbons (Fsp3) is 0.286. The first kappa shape index (κ1) is 23.7. The maximum Gasteiger partial charge on any atom is 0.416 e. The Morgan fingerprint density at radius 3 is 2.61 bits per heavy atom. The molecule has 176 valence electrons. The molecule has 0 radical (unpaired) electrons. The van der Waals surface area contributed by atoms with Crippen molar-refractivity contribution in [3.05, 3.63) is 62.7 Å². The number of benzene rings is 1. The van der Waals surface area contributed by atoms with E-state index >= 15 is 0 Å². The van der Waals surface area contributed by atoms with Gasteiger partial charge in [-0.05, 0) is 43.7 Å². The van der Waals surface area contributed by atoms with E-state index in [4.69, 9.17) is 11.5 Å². The van der Waals surface area contributed by atoms with Crippen molar-refractivity contribution in [2.75, 3.05) is 23.5 Å². The number of hydrogen-bond acceptors (Lipinski definition) is 8. The summed E-state index contributed by atoms with van der Waals surface area (Å²) in [5, 5.41) is 7.37. The largest absolute Gasteiger partial charge is 0.416 e. The third-order valence-corrected chi connectivity index (χ3v) is 5.23. The van der Waals surface area contributed by atoms with E-state index in [9.17, 15) is 18.0 Å². The first-order valence-electron chi connectivity index (χ1n) is 9.91. The van der Waals surface area contributed by atoms with E-state index in [1.54, 1.807) is 27.0 Å². The molecule has 0 unspecified atom stereocenters. The fourth-order valence-corrected chi connectivity index (χ4v) is 3.37. The topological polar surface area (TPSA) is 135 Å². The molecule has 3 rings (SSSR count). The van der Waals surface area contributed by atoms with Crippen LogP contribution in [0.25, 0.3) is 6.08 Å². The minimum Gasteiger partial charge on any atom is -0.404 e. The number of alkyl halides is 3. The van der Waals surface area contributed by atoms with Crippen LogP contribution in [0.2, 0.25) is 0 Å². The summed E-state index contributed by atoms with van der Waals surface area (Å²) in [7, 11) is 3.09. The van der Waals surface area contributed by atoms with Gasteiger partial charge in [-0.2, -0.15) is 18.3 Å². The molecular formula is C21H25F3N8O. The van der Waals surface area contributed by atoms with E-state index in [1.807, 2.05) is 0 Å². The Morgan fingerprint density at radius 2 is 2.00 bits per heavy atom. The Morgan fingerprint density at radius 1 is 1.30 bits per heavy atom. The van der Waals surface area contributed by atoms with Crippen molar-refractivity contribution in [3.63, 3.8) is 0 Å². The van der Waals surface area contributed by atoms with Gasteiger partial charge < -0.3 is 16.8 Å². The van der Waals surface area contributed by atoms with Crippen LogP contribution in [0, 0.1) is 0 Å². The third kappa shape index (κ3) is 4.78. The van der Waals surface area contributed by atoms with Crippen LogP contribution >= 0.6 is 0 Å². The van der Waals surface area contributed by atoms with Crippen LogP contribution in [-0.4, -0.2) is 22.5 Å². The average Bonchev–Trinajstić information content (AvgIpc) is 2.76. The van der Waals surface area contributed by atoms with Crippen molar-refractivity contribution in [2.45, 2.75) is 26.1 Å². The molecule has 2 heterocycles. The molecule has 1 aliphatic heterocycles. The van der Waals surface area contributed by atoms with Crippen molar-refractivity contribution >= 4 is 29.0 Å². The van der Waals surface area contributed by atoms with E-state index in [0.717, 1.165) is 16.8 Å². The number of hydrogen-bond donors (Lipinski definition) is 5. The zero-order valence-corrected chi connectivity index (χ0v) is 18.5. The van der Waals surface area contributed by atoms with Gasteiger partial charge in [0.2, 0.25) is 0 Å². The van der Waals surface area contributed by atoms with Gasteiger partial charge in [0.15, 0.2) is 5.82 Å². The second kappa shape index (κ2) is 8.88. The lowest BCUT2D eigenvalue weighted by Gasteiger charge is -2.25. The van der Waals surface area contributed by atoms with Gasteiger partial charge in [-0.1, -0.05) is 0 Å². The van der Waals surface area contributed by atoms with Gasteiger partial charge >= 0.3 is 6.18 Å². The van der Waals surface area contributed by atoms with E-state index in [2.05, 4.69) is 26.3 Å². The number of fused-ring (bicyclic) bond motifs is 1. The number of aryl methyl sites for hydroxylation is 1. The molecule has 0 saturated carbocycles. The lowest BCUT2D eigenvalue weighted by atomic mass is 10.0. The maximum atomic E-state index is 13.2. The number of hydrazine groups is 1. The summed E-state index contributed by atoms with van der Waals surface area (Å²) < 4.78 is 40.8. The highest BCUT2D eigenvalue weighted by atomic mass is 19.4. The number of rotatable bonds is 5. The fourth-order valence-electron chi connectivity index (χ4n) is 3.37. The molecule has 0 amide bonds. The van der Waals surface area contributed by atoms with Crippen LogP contribution in [-0.2, 0) is 13.2 Å². The van der Waals surface area contributed by atoms with Crippen LogP contribution < -0.4 is 33.2 Å². The Labute approximate surface area is 188 Å². The van der Waals surface area contributed by atoms with Crippen molar-refractivity contribution in [2.24, 2.45) is 17.8 Å². The number of nitrogens with one attached hydrogen (secondary N) is 3. The minimum atomic E-state index is -4.53. The number of nitrogens with two attached hydrogens (primary N) is 2. The Hall–Kier alpha value is -3.96. The lowest BCUT2D eigenvalue weighted by Crippen LogP contribution is -2.35. The normalized spacial score (nSPS) is 15.2. The Balaban J connectivity index is 2.07. The Kier molecular flexibility index (Phi) is 6.38. The second-order valence-electron chi connectivity index (χ2n) is 7.52. The zero-order valence-electron chi connectivity index (χ0n) is 18.5. The summed E-state index contributed by atoms with van der Waals surface area (Å²) in [6, 6.07) is 2.75. The van der Waals surface area contributed by atoms with Gasteiger partial charge in [0.05, 0.1) is 22.9 Å². The SMILES string of the molecule is CN=C(C)C(=CN)C1=Cc2c(N[C@H](C)c3cc(N)cc(C(F)(F)F)c3)nn(C)c(=O)c2NN1. The van der Waals surface area contributed by atoms with Crippen molar-refractivity contribution < 1.29 is 13.2 Å². The van der Waals surface area contributed by atoms with Gasteiger partial charge in [0.25, 0.3) is 5.56 Å². The van der Waals surface area contributed by atoms with Crippen LogP contribution in [0.5, 0.6) is 0 Å². The van der Waals surface area contributed by atoms with Crippen LogP contribution in [0.15, 0.2) is 45.5 Å². The summed E-state index contributed by atoms with van der Waals surface area (Å²) in [6.45, 7) is 3.45. The van der Waals surface area contributed by atoms with Gasteiger partial charge in [-0.15, -0.1) is 0 Å². The summed E-state index contributed by atoms with van der Waals surface area (Å²) in [5.74, 6) is 0.282. The number of aliphatic imine (C=N–C) groups is 1. The summed E-state index contributed by atoms with van der Waals surface area (Å²) in [5.41, 5.74) is 18.7. The number of halogens is 3. The quantitative estimate of drug-likeness (QED) is 0.341. The molecule has 1 atom stereocenters. The molecule has 9 nitrogen and oxygen atoms in total. The van der Waals surface area contributed by atoms with Crippen molar-refractivity contribution in [1.82, 2.24) is 15.2 Å². The molecule has 1 aromatic heterocycles. The average molecular weight is 462 g/mol. The summed E-state index contributed by atoms with van der Waals surface area (Å²) >= 11 is 0. The number of aromatic nitrogens is 2. The predicted octanol–water partition coefficient (Wildman–Crippen LogP) is 2.76. The Bertz CT molecular complexity index is 1230. The molecule has 0 saturated heterocycles. The monoisotopic (exact) mass is 462 g/mol. The van der Waals surface area contributed by atoms with Crippen LogP contribution in [0.3, 0.4) is 0 Å². The van der Waals surface area contributed by atoms with Crippen LogP contribution in [0.4, 0.5) is 30.4 Å². The molecule has 12 heteroatoms. The second-order valence-corrected chi connectivity index (χ2v) is 7.52. The number of anilines is 3. The summed E-state index contributed by atoms with van der Waals surface area (Å²) in [4.78, 5) is 16.7. The van der Waals surface area contributed by atoms with E-state index in [0.29, 0.717) is 28.1 Å². The standard InChI is InChI=1S/C21H25F3N8O/c1-10(12-5-13(21(22,23)24)7-14(26)6-12)28-19-15-8-17(16(9-25)11(2)27-3)29-30-18(15)20(33)32(4)31-19/h5-10,29-30H,25-26H2,1-4H3,(H,28,31)/t10-/m1/s1. The highest BCUT2D eigenvalue weighted by molar-refractivity contribution is 6.03. The highest BCUT2D eigenvalue weighted by Gasteiger charge is 2.31. The smallest absolute Gasteiger partial charge is 0.404 e. The third-order valence-electron chi connectivity index (χ3n) is 5.23. The number of nitrogens with zero attached hydrogens (tertiary/aromatic N) is 3. The molecule has 1 aliphatic rings. The predicted molar refractivity (Wildman–Crippen MR) is 123 cm³/mol. The summed E-state index contributed by atoms with van der Waals surface area (Å²) in [6.07, 6.45) is -1.48. The molecule has 0 bridgehead atoms. The van der Waals surface area contributed by atoms with Gasteiger partial charge in [-0.3, -0.25) is 20.6 Å². The number of nitrogen functional groups attached to an aromatic ring is 1. The van der Waals surface area contributed by atoms with Gasteiger partial charge in [-0.25, -0.2) is 4.68 Å². The van der Waals surface area contributed by atoms with E-state index in [1.165, 1.54) is 19.3 Å². The first-order valence-corrected chi connectivity index (χ1v) is 9.91.